The lowest BCUT2D eigenvalue weighted by molar-refractivity contribution is -0.138. The van der Waals surface area contributed by atoms with E-state index in [2.05, 4.69) is 20.9 Å². The second kappa shape index (κ2) is 8.32. The van der Waals surface area contributed by atoms with Gasteiger partial charge in [0.25, 0.3) is 0 Å². The summed E-state index contributed by atoms with van der Waals surface area (Å²) in [5, 5.41) is 9.08. The van der Waals surface area contributed by atoms with Crippen LogP contribution in [0.25, 0.3) is 0 Å². The lowest BCUT2D eigenvalue weighted by Gasteiger charge is -2.21. The molecule has 24 heavy (non-hydrogen) atoms. The first kappa shape index (κ1) is 20.2. The summed E-state index contributed by atoms with van der Waals surface area (Å²) < 4.78 is 51.9. The minimum atomic E-state index is -4.60. The van der Waals surface area contributed by atoms with Gasteiger partial charge in [0, 0.05) is 32.2 Å². The van der Waals surface area contributed by atoms with Crippen LogP contribution in [-0.2, 0) is 12.7 Å². The van der Waals surface area contributed by atoms with Crippen molar-refractivity contribution in [3.05, 3.63) is 35.1 Å². The van der Waals surface area contributed by atoms with Gasteiger partial charge in [-0.3, -0.25) is 4.99 Å². The number of guanidine groups is 1. The van der Waals surface area contributed by atoms with Crippen LogP contribution in [0.15, 0.2) is 23.2 Å². The summed E-state index contributed by atoms with van der Waals surface area (Å²) in [5.41, 5.74) is -1.05. The van der Waals surface area contributed by atoms with Gasteiger partial charge in [-0.05, 0) is 38.5 Å². The number of halogens is 4. The van der Waals surface area contributed by atoms with E-state index in [1.165, 1.54) is 7.05 Å². The summed E-state index contributed by atoms with van der Waals surface area (Å²) in [6.07, 6.45) is -4.60. The number of alkyl halides is 3. The summed E-state index contributed by atoms with van der Waals surface area (Å²) in [7, 11) is 1.53. The molecule has 1 aromatic rings. The molecule has 0 amide bonds. The molecule has 0 aromatic heterocycles. The lowest BCUT2D eigenvalue weighted by atomic mass is 10.1. The molecule has 0 aliphatic heterocycles. The highest BCUT2D eigenvalue weighted by Gasteiger charge is 2.33. The van der Waals surface area contributed by atoms with E-state index in [1.54, 1.807) is 0 Å². The molecule has 0 saturated carbocycles. The minimum absolute atomic E-state index is 0.0195. The Balaban J connectivity index is 2.61. The Morgan fingerprint density at radius 1 is 1.08 bits per heavy atom. The van der Waals surface area contributed by atoms with Crippen LogP contribution >= 0.6 is 0 Å². The number of nitrogens with one attached hydrogen (secondary N) is 3. The summed E-state index contributed by atoms with van der Waals surface area (Å²) in [5.74, 6) is -0.537. The predicted octanol–water partition coefficient (Wildman–Crippen LogP) is 2.90. The third kappa shape index (κ3) is 7.16. The largest absolute Gasteiger partial charge is 0.416 e. The van der Waals surface area contributed by atoms with Gasteiger partial charge in [0.05, 0.1) is 5.56 Å². The molecule has 0 spiro atoms. The molecule has 8 heteroatoms. The number of hydrogen-bond acceptors (Lipinski definition) is 2. The van der Waals surface area contributed by atoms with Gasteiger partial charge in [-0.15, -0.1) is 0 Å². The quantitative estimate of drug-likeness (QED) is 0.332. The standard InChI is InChI=1S/C16H24F4N4/c1-15(2,3)24-8-7-22-14(21-4)23-10-11-5-6-12(17)9-13(11)16(18,19)20/h5-6,9,24H,7-8,10H2,1-4H3,(H2,21,22,23). The molecule has 0 saturated heterocycles. The van der Waals surface area contributed by atoms with Crippen LogP contribution in [0, 0.1) is 5.82 Å². The van der Waals surface area contributed by atoms with Crippen LogP contribution in [-0.4, -0.2) is 31.6 Å². The molecule has 0 bridgehead atoms. The predicted molar refractivity (Wildman–Crippen MR) is 87.4 cm³/mol. The topological polar surface area (TPSA) is 48.5 Å². The third-order valence-corrected chi connectivity index (χ3v) is 3.12. The van der Waals surface area contributed by atoms with E-state index in [-0.39, 0.29) is 17.6 Å². The van der Waals surface area contributed by atoms with Gasteiger partial charge >= 0.3 is 6.18 Å². The monoisotopic (exact) mass is 348 g/mol. The normalized spacial score (nSPS) is 13.1. The number of rotatable bonds is 5. The van der Waals surface area contributed by atoms with Crippen LogP contribution in [0.4, 0.5) is 17.6 Å². The highest BCUT2D eigenvalue weighted by Crippen LogP contribution is 2.32. The van der Waals surface area contributed by atoms with Crippen LogP contribution in [0.2, 0.25) is 0 Å². The fraction of sp³-hybridized carbons (Fsp3) is 0.562. The second-order valence-corrected chi connectivity index (χ2v) is 6.33. The first-order valence-corrected chi connectivity index (χ1v) is 7.58. The Hall–Kier alpha value is -1.83. The van der Waals surface area contributed by atoms with Crippen molar-refractivity contribution >= 4 is 5.96 Å². The molecule has 0 aliphatic rings. The van der Waals surface area contributed by atoms with Gasteiger partial charge in [0.15, 0.2) is 5.96 Å². The van der Waals surface area contributed by atoms with Crippen molar-refractivity contribution in [2.24, 2.45) is 4.99 Å². The van der Waals surface area contributed by atoms with E-state index in [0.29, 0.717) is 25.1 Å². The van der Waals surface area contributed by atoms with E-state index >= 15 is 0 Å². The maximum absolute atomic E-state index is 13.1. The lowest BCUT2D eigenvalue weighted by Crippen LogP contribution is -2.44. The van der Waals surface area contributed by atoms with Crippen molar-refractivity contribution in [2.75, 3.05) is 20.1 Å². The first-order chi connectivity index (χ1) is 11.0. The molecule has 1 rings (SSSR count). The van der Waals surface area contributed by atoms with Crippen LogP contribution in [0.5, 0.6) is 0 Å². The molecular formula is C16H24F4N4. The zero-order chi connectivity index (χ0) is 18.4. The molecule has 3 N–H and O–H groups in total. The van der Waals surface area contributed by atoms with Gasteiger partial charge < -0.3 is 16.0 Å². The number of aliphatic imine (C=N–C) groups is 1. The van der Waals surface area contributed by atoms with E-state index < -0.39 is 17.6 Å². The summed E-state index contributed by atoms with van der Waals surface area (Å²) in [4.78, 5) is 3.96. The van der Waals surface area contributed by atoms with Crippen LogP contribution < -0.4 is 16.0 Å². The SMILES string of the molecule is CN=C(NCCNC(C)(C)C)NCc1ccc(F)cc1C(F)(F)F. The average Bonchev–Trinajstić information content (AvgIpc) is 2.45. The molecule has 0 unspecified atom stereocenters. The van der Waals surface area contributed by atoms with E-state index in [9.17, 15) is 17.6 Å². The molecule has 0 aliphatic carbocycles. The van der Waals surface area contributed by atoms with E-state index in [4.69, 9.17) is 0 Å². The van der Waals surface area contributed by atoms with E-state index in [0.717, 1.165) is 12.1 Å². The zero-order valence-corrected chi connectivity index (χ0v) is 14.3. The Bertz CT molecular complexity index is 562. The molecule has 0 heterocycles. The molecule has 0 radical (unpaired) electrons. The average molecular weight is 348 g/mol. The number of hydrogen-bond donors (Lipinski definition) is 3. The Kier molecular flexibility index (Phi) is 7.01. The highest BCUT2D eigenvalue weighted by molar-refractivity contribution is 5.79. The molecular weight excluding hydrogens is 324 g/mol. The summed E-state index contributed by atoms with van der Waals surface area (Å²) in [6.45, 7) is 7.23. The van der Waals surface area contributed by atoms with Crippen molar-refractivity contribution in [1.82, 2.24) is 16.0 Å². The van der Waals surface area contributed by atoms with Crippen molar-refractivity contribution in [3.63, 3.8) is 0 Å². The number of nitrogens with zero attached hydrogens (tertiary/aromatic N) is 1. The third-order valence-electron chi connectivity index (χ3n) is 3.12. The molecule has 0 fully saturated rings. The van der Waals surface area contributed by atoms with Gasteiger partial charge in [-0.25, -0.2) is 4.39 Å². The minimum Gasteiger partial charge on any atom is -0.355 e. The smallest absolute Gasteiger partial charge is 0.355 e. The zero-order valence-electron chi connectivity index (χ0n) is 14.3. The molecule has 1 aromatic carbocycles. The summed E-state index contributed by atoms with van der Waals surface area (Å²) >= 11 is 0. The fourth-order valence-corrected chi connectivity index (χ4v) is 1.98. The Morgan fingerprint density at radius 3 is 2.29 bits per heavy atom. The second-order valence-electron chi connectivity index (χ2n) is 6.33. The van der Waals surface area contributed by atoms with Crippen molar-refractivity contribution in [2.45, 2.75) is 39.0 Å². The Labute approximate surface area is 139 Å². The maximum Gasteiger partial charge on any atom is 0.416 e. The van der Waals surface area contributed by atoms with Crippen LogP contribution in [0.3, 0.4) is 0 Å². The van der Waals surface area contributed by atoms with Crippen LogP contribution in [0.1, 0.15) is 31.9 Å². The summed E-state index contributed by atoms with van der Waals surface area (Å²) in [6, 6.07) is 2.63. The fourth-order valence-electron chi connectivity index (χ4n) is 1.98. The van der Waals surface area contributed by atoms with Gasteiger partial charge in [0.1, 0.15) is 5.82 Å². The Morgan fingerprint density at radius 2 is 1.75 bits per heavy atom. The van der Waals surface area contributed by atoms with Gasteiger partial charge in [0.2, 0.25) is 0 Å². The molecule has 0 atom stereocenters. The van der Waals surface area contributed by atoms with E-state index in [1.807, 2.05) is 20.8 Å². The van der Waals surface area contributed by atoms with Crippen molar-refractivity contribution in [3.8, 4) is 0 Å². The molecule has 136 valence electrons. The van der Waals surface area contributed by atoms with Crippen molar-refractivity contribution in [1.29, 1.82) is 0 Å². The van der Waals surface area contributed by atoms with Crippen molar-refractivity contribution < 1.29 is 17.6 Å². The van der Waals surface area contributed by atoms with Gasteiger partial charge in [-0.1, -0.05) is 6.07 Å². The highest BCUT2D eigenvalue weighted by atomic mass is 19.4. The number of benzene rings is 1. The first-order valence-electron chi connectivity index (χ1n) is 7.58. The van der Waals surface area contributed by atoms with Gasteiger partial charge in [-0.2, -0.15) is 13.2 Å². The maximum atomic E-state index is 13.1. The molecule has 4 nitrogen and oxygen atoms in total.